The Morgan fingerprint density at radius 3 is 2.67 bits per heavy atom. The largest absolute Gasteiger partial charge is 0.494 e. The van der Waals surface area contributed by atoms with Gasteiger partial charge in [0.05, 0.1) is 12.3 Å². The van der Waals surface area contributed by atoms with Crippen LogP contribution in [0.5, 0.6) is 11.5 Å². The Balaban J connectivity index is 1.99. The summed E-state index contributed by atoms with van der Waals surface area (Å²) in [5, 5.41) is 5.86. The first kappa shape index (κ1) is 20.5. The van der Waals surface area contributed by atoms with Crippen molar-refractivity contribution < 1.29 is 14.3 Å². The quantitative estimate of drug-likeness (QED) is 0.516. The van der Waals surface area contributed by atoms with E-state index >= 15 is 0 Å². The van der Waals surface area contributed by atoms with E-state index in [1.807, 2.05) is 44.2 Å². The lowest BCUT2D eigenvalue weighted by Gasteiger charge is -2.14. The van der Waals surface area contributed by atoms with E-state index in [1.165, 1.54) is 0 Å². The predicted octanol–water partition coefficient (Wildman–Crippen LogP) is 4.56. The SMILES string of the molecule is C=C(C)COc1ccccc1NC(=S)NC(=O)c1cccc(OCCC)c1. The van der Waals surface area contributed by atoms with Crippen LogP contribution in [0.4, 0.5) is 5.69 Å². The van der Waals surface area contributed by atoms with Crippen LogP contribution in [0.1, 0.15) is 30.6 Å². The number of thiocarbonyl (C=S) groups is 1. The molecule has 0 bridgehead atoms. The Kier molecular flexibility index (Phi) is 7.82. The Morgan fingerprint density at radius 2 is 1.93 bits per heavy atom. The van der Waals surface area contributed by atoms with Crippen molar-refractivity contribution in [2.75, 3.05) is 18.5 Å². The molecule has 6 heteroatoms. The van der Waals surface area contributed by atoms with Crippen molar-refractivity contribution in [2.45, 2.75) is 20.3 Å². The summed E-state index contributed by atoms with van der Waals surface area (Å²) in [5.74, 6) is 0.976. The summed E-state index contributed by atoms with van der Waals surface area (Å²) >= 11 is 5.26. The Hall–Kier alpha value is -2.86. The molecule has 0 aliphatic carbocycles. The van der Waals surface area contributed by atoms with E-state index in [2.05, 4.69) is 17.2 Å². The van der Waals surface area contributed by atoms with Crippen LogP contribution in [-0.2, 0) is 0 Å². The Labute approximate surface area is 165 Å². The second kappa shape index (κ2) is 10.3. The summed E-state index contributed by atoms with van der Waals surface area (Å²) < 4.78 is 11.2. The summed E-state index contributed by atoms with van der Waals surface area (Å²) in [6.45, 7) is 8.74. The molecule has 0 saturated heterocycles. The van der Waals surface area contributed by atoms with Gasteiger partial charge < -0.3 is 14.8 Å². The lowest BCUT2D eigenvalue weighted by Crippen LogP contribution is -2.34. The molecule has 0 heterocycles. The van der Waals surface area contributed by atoms with Crippen molar-refractivity contribution in [1.29, 1.82) is 0 Å². The van der Waals surface area contributed by atoms with Gasteiger partial charge in [0.1, 0.15) is 18.1 Å². The van der Waals surface area contributed by atoms with Crippen molar-refractivity contribution in [3.63, 3.8) is 0 Å². The second-order valence-corrected chi connectivity index (χ2v) is 6.43. The lowest BCUT2D eigenvalue weighted by molar-refractivity contribution is 0.0977. The van der Waals surface area contributed by atoms with Gasteiger partial charge in [-0.3, -0.25) is 10.1 Å². The van der Waals surface area contributed by atoms with Gasteiger partial charge in [-0.15, -0.1) is 0 Å². The predicted molar refractivity (Wildman–Crippen MR) is 113 cm³/mol. The van der Waals surface area contributed by atoms with Gasteiger partial charge in [-0.25, -0.2) is 0 Å². The van der Waals surface area contributed by atoms with E-state index in [0.29, 0.717) is 36.0 Å². The molecule has 1 amide bonds. The molecule has 0 aliphatic rings. The second-order valence-electron chi connectivity index (χ2n) is 6.03. The number of carbonyl (C=O) groups excluding carboxylic acids is 1. The molecular formula is C21H24N2O3S. The number of hydrogen-bond acceptors (Lipinski definition) is 4. The van der Waals surface area contributed by atoms with Crippen LogP contribution in [0.15, 0.2) is 60.7 Å². The third-order valence-electron chi connectivity index (χ3n) is 3.41. The van der Waals surface area contributed by atoms with E-state index < -0.39 is 0 Å². The van der Waals surface area contributed by atoms with Crippen LogP contribution in [0.2, 0.25) is 0 Å². The number of anilines is 1. The number of benzene rings is 2. The van der Waals surface area contributed by atoms with Crippen molar-refractivity contribution in [1.82, 2.24) is 5.32 Å². The zero-order chi connectivity index (χ0) is 19.6. The van der Waals surface area contributed by atoms with Crippen LogP contribution >= 0.6 is 12.2 Å². The minimum Gasteiger partial charge on any atom is -0.494 e. The van der Waals surface area contributed by atoms with Crippen LogP contribution in [0, 0.1) is 0 Å². The molecule has 0 saturated carbocycles. The molecule has 2 aromatic carbocycles. The van der Waals surface area contributed by atoms with Crippen molar-refractivity contribution in [2.24, 2.45) is 0 Å². The fourth-order valence-electron chi connectivity index (χ4n) is 2.17. The minimum atomic E-state index is -0.310. The van der Waals surface area contributed by atoms with E-state index in [1.54, 1.807) is 18.2 Å². The summed E-state index contributed by atoms with van der Waals surface area (Å²) in [6.07, 6.45) is 0.900. The van der Waals surface area contributed by atoms with E-state index in [0.717, 1.165) is 12.0 Å². The van der Waals surface area contributed by atoms with Crippen LogP contribution in [0.25, 0.3) is 0 Å². The molecular weight excluding hydrogens is 360 g/mol. The topological polar surface area (TPSA) is 59.6 Å². The smallest absolute Gasteiger partial charge is 0.257 e. The molecule has 5 nitrogen and oxygen atoms in total. The maximum Gasteiger partial charge on any atom is 0.257 e. The van der Waals surface area contributed by atoms with Gasteiger partial charge in [0.25, 0.3) is 5.91 Å². The highest BCUT2D eigenvalue weighted by atomic mass is 32.1. The van der Waals surface area contributed by atoms with Gasteiger partial charge in [0.15, 0.2) is 5.11 Å². The normalized spacial score (nSPS) is 10.0. The van der Waals surface area contributed by atoms with Crippen molar-refractivity contribution in [3.8, 4) is 11.5 Å². The molecule has 0 spiro atoms. The number of hydrogen-bond donors (Lipinski definition) is 2. The van der Waals surface area contributed by atoms with Gasteiger partial charge >= 0.3 is 0 Å². The standard InChI is InChI=1S/C21H24N2O3S/c1-4-12-25-17-9-7-8-16(13-17)20(24)23-21(27)22-18-10-5-6-11-19(18)26-14-15(2)3/h5-11,13H,2,4,12,14H2,1,3H3,(H2,22,23,24,27). The van der Waals surface area contributed by atoms with E-state index in [9.17, 15) is 4.79 Å². The van der Waals surface area contributed by atoms with Crippen LogP contribution < -0.4 is 20.1 Å². The molecule has 0 radical (unpaired) electrons. The number of carbonyl (C=O) groups is 1. The highest BCUT2D eigenvalue weighted by Gasteiger charge is 2.11. The minimum absolute atomic E-state index is 0.186. The van der Waals surface area contributed by atoms with Crippen molar-refractivity contribution >= 4 is 28.9 Å². The Bertz CT molecular complexity index is 821. The van der Waals surface area contributed by atoms with Crippen LogP contribution in [0.3, 0.4) is 0 Å². The highest BCUT2D eigenvalue weighted by molar-refractivity contribution is 7.80. The van der Waals surface area contributed by atoms with Gasteiger partial charge in [0, 0.05) is 5.56 Å². The number of ether oxygens (including phenoxy) is 2. The molecule has 0 aliphatic heterocycles. The van der Waals surface area contributed by atoms with Gasteiger partial charge in [-0.05, 0) is 61.5 Å². The zero-order valence-corrected chi connectivity index (χ0v) is 16.4. The first-order chi connectivity index (χ1) is 13.0. The first-order valence-corrected chi connectivity index (χ1v) is 9.12. The summed E-state index contributed by atoms with van der Waals surface area (Å²) in [4.78, 5) is 12.4. The zero-order valence-electron chi connectivity index (χ0n) is 15.6. The lowest BCUT2D eigenvalue weighted by atomic mass is 10.2. The number of rotatable bonds is 8. The fourth-order valence-corrected chi connectivity index (χ4v) is 2.38. The highest BCUT2D eigenvalue weighted by Crippen LogP contribution is 2.24. The summed E-state index contributed by atoms with van der Waals surface area (Å²) in [5.41, 5.74) is 2.05. The number of nitrogens with one attached hydrogen (secondary N) is 2. The average Bonchev–Trinajstić information content (AvgIpc) is 2.65. The molecule has 0 unspecified atom stereocenters. The third kappa shape index (κ3) is 6.75. The van der Waals surface area contributed by atoms with Crippen molar-refractivity contribution in [3.05, 3.63) is 66.2 Å². The number of para-hydroxylation sites is 2. The molecule has 142 valence electrons. The van der Waals surface area contributed by atoms with Gasteiger partial charge in [0.2, 0.25) is 0 Å². The first-order valence-electron chi connectivity index (χ1n) is 8.71. The monoisotopic (exact) mass is 384 g/mol. The summed E-state index contributed by atoms with van der Waals surface area (Å²) in [6, 6.07) is 14.4. The molecule has 27 heavy (non-hydrogen) atoms. The Morgan fingerprint density at radius 1 is 1.15 bits per heavy atom. The number of amides is 1. The fraction of sp³-hybridized carbons (Fsp3) is 0.238. The molecule has 2 aromatic rings. The maximum atomic E-state index is 12.4. The molecule has 2 rings (SSSR count). The van der Waals surface area contributed by atoms with Gasteiger partial charge in [-0.1, -0.05) is 31.7 Å². The molecule has 2 N–H and O–H groups in total. The summed E-state index contributed by atoms with van der Waals surface area (Å²) in [7, 11) is 0. The third-order valence-corrected chi connectivity index (χ3v) is 3.61. The van der Waals surface area contributed by atoms with E-state index in [4.69, 9.17) is 21.7 Å². The molecule has 0 aromatic heterocycles. The maximum absolute atomic E-state index is 12.4. The average molecular weight is 385 g/mol. The molecule has 0 fully saturated rings. The van der Waals surface area contributed by atoms with E-state index in [-0.39, 0.29) is 11.0 Å². The molecule has 0 atom stereocenters. The van der Waals surface area contributed by atoms with Crippen LogP contribution in [-0.4, -0.2) is 24.2 Å². The van der Waals surface area contributed by atoms with Gasteiger partial charge in [-0.2, -0.15) is 0 Å².